The standard InChI is InChI=1S/C15H14ClN3S/c1-9-7-20-14-13(9)17-8-18-15(14)19-12-6-4-3-5-11(12)10(2)16/h3-8,10H,1-2H3,(H,17,18,19). The quantitative estimate of drug-likeness (QED) is 0.689. The minimum Gasteiger partial charge on any atom is -0.339 e. The number of alkyl halides is 1. The van der Waals surface area contributed by atoms with Crippen LogP contribution in [0.5, 0.6) is 0 Å². The van der Waals surface area contributed by atoms with Crippen molar-refractivity contribution >= 4 is 44.7 Å². The minimum atomic E-state index is -0.0545. The van der Waals surface area contributed by atoms with E-state index in [1.807, 2.05) is 31.2 Å². The Morgan fingerprint density at radius 1 is 1.25 bits per heavy atom. The van der Waals surface area contributed by atoms with Gasteiger partial charge < -0.3 is 5.32 Å². The summed E-state index contributed by atoms with van der Waals surface area (Å²) in [6.45, 7) is 4.03. The van der Waals surface area contributed by atoms with Crippen molar-refractivity contribution < 1.29 is 0 Å². The maximum atomic E-state index is 6.23. The molecule has 5 heteroatoms. The third-order valence-corrected chi connectivity index (χ3v) is 4.50. The maximum Gasteiger partial charge on any atom is 0.151 e. The monoisotopic (exact) mass is 303 g/mol. The summed E-state index contributed by atoms with van der Waals surface area (Å²) in [5.74, 6) is 0.831. The number of anilines is 2. The van der Waals surface area contributed by atoms with Crippen LogP contribution in [-0.2, 0) is 0 Å². The number of rotatable bonds is 3. The number of halogens is 1. The summed E-state index contributed by atoms with van der Waals surface area (Å²) in [5, 5.41) is 5.43. The zero-order valence-corrected chi connectivity index (χ0v) is 12.8. The molecule has 0 saturated carbocycles. The van der Waals surface area contributed by atoms with Crippen LogP contribution in [-0.4, -0.2) is 9.97 Å². The van der Waals surface area contributed by atoms with Crippen LogP contribution in [0.15, 0.2) is 36.0 Å². The number of thiophene rings is 1. The first kappa shape index (κ1) is 13.3. The van der Waals surface area contributed by atoms with Gasteiger partial charge in [0.15, 0.2) is 5.82 Å². The summed E-state index contributed by atoms with van der Waals surface area (Å²) in [4.78, 5) is 8.69. The van der Waals surface area contributed by atoms with Crippen molar-refractivity contribution in [2.75, 3.05) is 5.32 Å². The molecule has 2 heterocycles. The second kappa shape index (κ2) is 5.38. The second-order valence-electron chi connectivity index (χ2n) is 4.65. The van der Waals surface area contributed by atoms with E-state index in [0.717, 1.165) is 27.3 Å². The summed E-state index contributed by atoms with van der Waals surface area (Å²) in [6, 6.07) is 8.02. The zero-order valence-electron chi connectivity index (χ0n) is 11.2. The van der Waals surface area contributed by atoms with Crippen LogP contribution >= 0.6 is 22.9 Å². The average Bonchev–Trinajstić information content (AvgIpc) is 2.82. The van der Waals surface area contributed by atoms with Gasteiger partial charge in [0.2, 0.25) is 0 Å². The molecule has 2 aromatic heterocycles. The molecule has 0 bridgehead atoms. The molecule has 1 unspecified atom stereocenters. The largest absolute Gasteiger partial charge is 0.339 e. The second-order valence-corrected chi connectivity index (χ2v) is 6.18. The molecule has 0 fully saturated rings. The number of nitrogens with zero attached hydrogens (tertiary/aromatic N) is 2. The number of fused-ring (bicyclic) bond motifs is 1. The molecule has 0 aliphatic carbocycles. The number of benzene rings is 1. The first-order chi connectivity index (χ1) is 9.66. The topological polar surface area (TPSA) is 37.8 Å². The molecule has 1 N–H and O–H groups in total. The lowest BCUT2D eigenvalue weighted by Crippen LogP contribution is -1.99. The molecule has 20 heavy (non-hydrogen) atoms. The van der Waals surface area contributed by atoms with Crippen molar-refractivity contribution in [2.45, 2.75) is 19.2 Å². The van der Waals surface area contributed by atoms with Crippen LogP contribution in [0.25, 0.3) is 10.2 Å². The van der Waals surface area contributed by atoms with E-state index in [4.69, 9.17) is 11.6 Å². The van der Waals surface area contributed by atoms with E-state index in [0.29, 0.717) is 0 Å². The van der Waals surface area contributed by atoms with E-state index in [2.05, 4.69) is 27.6 Å². The summed E-state index contributed by atoms with van der Waals surface area (Å²) >= 11 is 7.88. The first-order valence-electron chi connectivity index (χ1n) is 6.35. The predicted molar refractivity (Wildman–Crippen MR) is 86.1 cm³/mol. The van der Waals surface area contributed by atoms with Crippen molar-refractivity contribution in [1.82, 2.24) is 9.97 Å². The van der Waals surface area contributed by atoms with E-state index in [1.54, 1.807) is 17.7 Å². The smallest absolute Gasteiger partial charge is 0.151 e. The summed E-state index contributed by atoms with van der Waals surface area (Å²) in [6.07, 6.45) is 1.59. The summed E-state index contributed by atoms with van der Waals surface area (Å²) < 4.78 is 1.07. The number of aromatic nitrogens is 2. The van der Waals surface area contributed by atoms with E-state index in [1.165, 1.54) is 5.56 Å². The maximum absolute atomic E-state index is 6.23. The fourth-order valence-electron chi connectivity index (χ4n) is 2.14. The number of nitrogens with one attached hydrogen (secondary N) is 1. The lowest BCUT2D eigenvalue weighted by molar-refractivity contribution is 1.08. The third kappa shape index (κ3) is 2.37. The highest BCUT2D eigenvalue weighted by atomic mass is 35.5. The van der Waals surface area contributed by atoms with Gasteiger partial charge in [-0.25, -0.2) is 9.97 Å². The summed E-state index contributed by atoms with van der Waals surface area (Å²) in [7, 11) is 0. The lowest BCUT2D eigenvalue weighted by atomic mass is 10.1. The highest BCUT2D eigenvalue weighted by molar-refractivity contribution is 7.18. The molecule has 0 aliphatic heterocycles. The molecule has 1 aromatic carbocycles. The molecule has 0 amide bonds. The van der Waals surface area contributed by atoms with Crippen LogP contribution in [0.2, 0.25) is 0 Å². The van der Waals surface area contributed by atoms with E-state index >= 15 is 0 Å². The van der Waals surface area contributed by atoms with Crippen molar-refractivity contribution in [3.63, 3.8) is 0 Å². The molecular formula is C15H14ClN3S. The predicted octanol–water partition coefficient (Wildman–Crippen LogP) is 5.04. The van der Waals surface area contributed by atoms with Gasteiger partial charge in [0, 0.05) is 5.69 Å². The molecule has 102 valence electrons. The molecule has 3 rings (SSSR count). The molecule has 3 nitrogen and oxygen atoms in total. The van der Waals surface area contributed by atoms with Gasteiger partial charge in [0.1, 0.15) is 6.33 Å². The van der Waals surface area contributed by atoms with Crippen LogP contribution in [0.4, 0.5) is 11.5 Å². The number of aryl methyl sites for hydroxylation is 1. The van der Waals surface area contributed by atoms with Gasteiger partial charge in [-0.1, -0.05) is 18.2 Å². The Morgan fingerprint density at radius 2 is 2.05 bits per heavy atom. The van der Waals surface area contributed by atoms with Gasteiger partial charge in [-0.3, -0.25) is 0 Å². The van der Waals surface area contributed by atoms with Gasteiger partial charge in [0.25, 0.3) is 0 Å². The van der Waals surface area contributed by atoms with Gasteiger partial charge in [0.05, 0.1) is 15.6 Å². The molecule has 1 atom stereocenters. The van der Waals surface area contributed by atoms with Crippen LogP contribution in [0.3, 0.4) is 0 Å². The average molecular weight is 304 g/mol. The third-order valence-electron chi connectivity index (χ3n) is 3.17. The molecule has 0 saturated heterocycles. The first-order valence-corrected chi connectivity index (χ1v) is 7.67. The van der Waals surface area contributed by atoms with Crippen LogP contribution in [0.1, 0.15) is 23.4 Å². The van der Waals surface area contributed by atoms with E-state index in [9.17, 15) is 0 Å². The fraction of sp³-hybridized carbons (Fsp3) is 0.200. The fourth-order valence-corrected chi connectivity index (χ4v) is 3.28. The van der Waals surface area contributed by atoms with Crippen molar-refractivity contribution in [3.05, 3.63) is 47.1 Å². The van der Waals surface area contributed by atoms with E-state index in [-0.39, 0.29) is 5.38 Å². The highest BCUT2D eigenvalue weighted by Gasteiger charge is 2.11. The minimum absolute atomic E-state index is 0.0545. The van der Waals surface area contributed by atoms with Gasteiger partial charge in [-0.15, -0.1) is 22.9 Å². The summed E-state index contributed by atoms with van der Waals surface area (Å²) in [5.41, 5.74) is 4.23. The van der Waals surface area contributed by atoms with Gasteiger partial charge in [-0.05, 0) is 36.4 Å². The zero-order chi connectivity index (χ0) is 14.1. The number of para-hydroxylation sites is 1. The highest BCUT2D eigenvalue weighted by Crippen LogP contribution is 2.33. The Balaban J connectivity index is 2.06. The van der Waals surface area contributed by atoms with Crippen molar-refractivity contribution in [3.8, 4) is 0 Å². The molecule has 0 radical (unpaired) electrons. The number of hydrogen-bond acceptors (Lipinski definition) is 4. The van der Waals surface area contributed by atoms with Gasteiger partial charge >= 0.3 is 0 Å². The molecule has 0 aliphatic rings. The Hall–Kier alpha value is -1.65. The lowest BCUT2D eigenvalue weighted by Gasteiger charge is -2.13. The Bertz CT molecular complexity index is 752. The SMILES string of the molecule is Cc1csc2c(Nc3ccccc3C(C)Cl)ncnc12. The Kier molecular flexibility index (Phi) is 3.59. The van der Waals surface area contributed by atoms with Crippen LogP contribution in [0, 0.1) is 6.92 Å². The van der Waals surface area contributed by atoms with Crippen LogP contribution < -0.4 is 5.32 Å². The number of hydrogen-bond donors (Lipinski definition) is 1. The van der Waals surface area contributed by atoms with Gasteiger partial charge in [-0.2, -0.15) is 0 Å². The van der Waals surface area contributed by atoms with Crippen molar-refractivity contribution in [1.29, 1.82) is 0 Å². The normalized spacial score (nSPS) is 12.6. The molecule has 0 spiro atoms. The molecular weight excluding hydrogens is 290 g/mol. The Labute approximate surface area is 126 Å². The Morgan fingerprint density at radius 3 is 2.85 bits per heavy atom. The molecule has 3 aromatic rings. The van der Waals surface area contributed by atoms with E-state index < -0.39 is 0 Å². The van der Waals surface area contributed by atoms with Crippen molar-refractivity contribution in [2.24, 2.45) is 0 Å².